The number of thioether (sulfide) groups is 1. The lowest BCUT2D eigenvalue weighted by molar-refractivity contribution is -0.113. The minimum Gasteiger partial charge on any atom is -0.444 e. The van der Waals surface area contributed by atoms with Crippen LogP contribution in [-0.2, 0) is 9.53 Å². The van der Waals surface area contributed by atoms with Gasteiger partial charge < -0.3 is 15.4 Å². The summed E-state index contributed by atoms with van der Waals surface area (Å²) in [5.74, 6) is 0.829. The molecule has 0 aliphatic rings. The van der Waals surface area contributed by atoms with Gasteiger partial charge in [0, 0.05) is 23.0 Å². The van der Waals surface area contributed by atoms with Crippen molar-refractivity contribution in [2.45, 2.75) is 33.3 Å². The zero-order valence-electron chi connectivity index (χ0n) is 13.9. The Morgan fingerprint density at radius 1 is 1.30 bits per heavy atom. The predicted octanol–water partition coefficient (Wildman–Crippen LogP) is 3.84. The first kappa shape index (κ1) is 19.6. The van der Waals surface area contributed by atoms with Crippen LogP contribution in [0.5, 0.6) is 0 Å². The van der Waals surface area contributed by atoms with Gasteiger partial charge in [0.15, 0.2) is 0 Å². The van der Waals surface area contributed by atoms with E-state index in [2.05, 4.69) is 10.6 Å². The van der Waals surface area contributed by atoms with Gasteiger partial charge in [-0.25, -0.2) is 4.79 Å². The zero-order valence-corrected chi connectivity index (χ0v) is 15.4. The Balaban J connectivity index is 2.19. The van der Waals surface area contributed by atoms with Crippen molar-refractivity contribution < 1.29 is 14.3 Å². The monoisotopic (exact) mass is 358 g/mol. The number of amides is 2. The Hall–Kier alpha value is -1.40. The van der Waals surface area contributed by atoms with Crippen LogP contribution in [0.15, 0.2) is 18.2 Å². The Morgan fingerprint density at radius 2 is 2.00 bits per heavy atom. The first-order chi connectivity index (χ1) is 10.7. The number of anilines is 1. The third-order valence-corrected chi connectivity index (χ3v) is 3.97. The first-order valence-electron chi connectivity index (χ1n) is 7.28. The van der Waals surface area contributed by atoms with Crippen LogP contribution < -0.4 is 10.6 Å². The van der Waals surface area contributed by atoms with Crippen molar-refractivity contribution in [3.05, 3.63) is 28.8 Å². The molecule has 0 saturated heterocycles. The van der Waals surface area contributed by atoms with Gasteiger partial charge in [0.2, 0.25) is 5.91 Å². The average Bonchev–Trinajstić information content (AvgIpc) is 2.40. The summed E-state index contributed by atoms with van der Waals surface area (Å²) in [7, 11) is 0. The molecule has 23 heavy (non-hydrogen) atoms. The van der Waals surface area contributed by atoms with Crippen molar-refractivity contribution in [1.29, 1.82) is 0 Å². The smallest absolute Gasteiger partial charge is 0.407 e. The number of carbonyl (C=O) groups is 2. The quantitative estimate of drug-likeness (QED) is 0.758. The van der Waals surface area contributed by atoms with Crippen molar-refractivity contribution in [2.24, 2.45) is 0 Å². The molecule has 0 aromatic heterocycles. The molecule has 0 fully saturated rings. The summed E-state index contributed by atoms with van der Waals surface area (Å²) < 4.78 is 5.11. The summed E-state index contributed by atoms with van der Waals surface area (Å²) >= 11 is 7.44. The molecule has 0 atom stereocenters. The van der Waals surface area contributed by atoms with Crippen molar-refractivity contribution in [3.8, 4) is 0 Å². The number of alkyl carbamates (subject to hydrolysis) is 1. The highest BCUT2D eigenvalue weighted by molar-refractivity contribution is 7.99. The van der Waals surface area contributed by atoms with Crippen LogP contribution in [-0.4, -0.2) is 35.7 Å². The number of halogens is 1. The Labute approximate surface area is 146 Å². The van der Waals surface area contributed by atoms with Crippen molar-refractivity contribution in [2.75, 3.05) is 23.4 Å². The SMILES string of the molecule is Cc1ccc(NC(=O)CSCCNC(=O)OC(C)(C)C)cc1Cl. The van der Waals surface area contributed by atoms with Gasteiger partial charge in [-0.15, -0.1) is 0 Å². The minimum atomic E-state index is -0.508. The number of ether oxygens (including phenoxy) is 1. The van der Waals surface area contributed by atoms with Crippen molar-refractivity contribution in [1.82, 2.24) is 5.32 Å². The van der Waals surface area contributed by atoms with Gasteiger partial charge in [0.25, 0.3) is 0 Å². The molecule has 0 spiro atoms. The highest BCUT2D eigenvalue weighted by Crippen LogP contribution is 2.20. The van der Waals surface area contributed by atoms with Crippen molar-refractivity contribution in [3.63, 3.8) is 0 Å². The van der Waals surface area contributed by atoms with Crippen LogP contribution in [0.4, 0.5) is 10.5 Å². The van der Waals surface area contributed by atoms with Crippen molar-refractivity contribution >= 4 is 41.1 Å². The summed E-state index contributed by atoms with van der Waals surface area (Å²) in [6.07, 6.45) is -0.447. The molecule has 0 saturated carbocycles. The molecule has 0 radical (unpaired) electrons. The fourth-order valence-corrected chi connectivity index (χ4v) is 2.40. The van der Waals surface area contributed by atoms with Crippen LogP contribution in [0.3, 0.4) is 0 Å². The minimum absolute atomic E-state index is 0.104. The van der Waals surface area contributed by atoms with Gasteiger partial charge in [0.05, 0.1) is 5.75 Å². The number of nitrogens with one attached hydrogen (secondary N) is 2. The van der Waals surface area contributed by atoms with E-state index >= 15 is 0 Å². The number of aryl methyl sites for hydroxylation is 1. The lowest BCUT2D eigenvalue weighted by Gasteiger charge is -2.19. The van der Waals surface area contributed by atoms with Gasteiger partial charge in [0.1, 0.15) is 5.60 Å². The maximum atomic E-state index is 11.8. The average molecular weight is 359 g/mol. The molecule has 5 nitrogen and oxygen atoms in total. The summed E-state index contributed by atoms with van der Waals surface area (Å²) in [4.78, 5) is 23.2. The van der Waals surface area contributed by atoms with Gasteiger partial charge >= 0.3 is 6.09 Å². The molecule has 2 amide bonds. The topological polar surface area (TPSA) is 67.4 Å². The van der Waals surface area contributed by atoms with E-state index in [0.29, 0.717) is 28.8 Å². The molecular formula is C16H23ClN2O3S. The lowest BCUT2D eigenvalue weighted by atomic mass is 10.2. The fourth-order valence-electron chi connectivity index (χ4n) is 1.57. The third-order valence-electron chi connectivity index (χ3n) is 2.60. The highest BCUT2D eigenvalue weighted by atomic mass is 35.5. The molecular weight excluding hydrogens is 336 g/mol. The van der Waals surface area contributed by atoms with Crippen LogP contribution in [0, 0.1) is 6.92 Å². The highest BCUT2D eigenvalue weighted by Gasteiger charge is 2.15. The lowest BCUT2D eigenvalue weighted by Crippen LogP contribution is -2.33. The molecule has 1 aromatic rings. The Kier molecular flexibility index (Phi) is 7.72. The number of benzene rings is 1. The molecule has 0 unspecified atom stereocenters. The molecule has 0 bridgehead atoms. The maximum Gasteiger partial charge on any atom is 0.407 e. The van der Waals surface area contributed by atoms with Crippen LogP contribution >= 0.6 is 23.4 Å². The molecule has 0 aliphatic heterocycles. The third kappa shape index (κ3) is 8.71. The fraction of sp³-hybridized carbons (Fsp3) is 0.500. The standard InChI is InChI=1S/C16H23ClN2O3S/c1-11-5-6-12(9-13(11)17)19-14(20)10-23-8-7-18-15(21)22-16(2,3)4/h5-6,9H,7-8,10H2,1-4H3,(H,18,21)(H,19,20). The van der Waals surface area contributed by atoms with E-state index in [-0.39, 0.29) is 5.91 Å². The second-order valence-electron chi connectivity index (χ2n) is 5.99. The molecule has 7 heteroatoms. The largest absolute Gasteiger partial charge is 0.444 e. The van der Waals surface area contributed by atoms with Gasteiger partial charge in [-0.05, 0) is 45.4 Å². The molecule has 1 aromatic carbocycles. The number of carbonyl (C=O) groups excluding carboxylic acids is 2. The van der Waals surface area contributed by atoms with Crippen LogP contribution in [0.2, 0.25) is 5.02 Å². The summed E-state index contributed by atoms with van der Waals surface area (Å²) in [5, 5.41) is 6.05. The molecule has 128 valence electrons. The number of hydrogen-bond donors (Lipinski definition) is 2. The van der Waals surface area contributed by atoms with Crippen LogP contribution in [0.25, 0.3) is 0 Å². The first-order valence-corrected chi connectivity index (χ1v) is 8.81. The summed E-state index contributed by atoms with van der Waals surface area (Å²) in [6.45, 7) is 7.78. The second kappa shape index (κ2) is 9.03. The Bertz CT molecular complexity index is 559. The van der Waals surface area contributed by atoms with E-state index in [1.807, 2.05) is 39.8 Å². The zero-order chi connectivity index (χ0) is 17.5. The van der Waals surface area contributed by atoms with E-state index in [4.69, 9.17) is 16.3 Å². The van der Waals surface area contributed by atoms with Gasteiger partial charge in [-0.2, -0.15) is 11.8 Å². The number of rotatable bonds is 6. The number of hydrogen-bond acceptors (Lipinski definition) is 4. The summed E-state index contributed by atoms with van der Waals surface area (Å²) in [6, 6.07) is 5.40. The summed E-state index contributed by atoms with van der Waals surface area (Å²) in [5.41, 5.74) is 1.14. The molecule has 0 aliphatic carbocycles. The normalized spacial score (nSPS) is 11.0. The van der Waals surface area contributed by atoms with E-state index in [1.54, 1.807) is 6.07 Å². The predicted molar refractivity (Wildman–Crippen MR) is 96.4 cm³/mol. The maximum absolute atomic E-state index is 11.8. The van der Waals surface area contributed by atoms with E-state index in [9.17, 15) is 9.59 Å². The van der Waals surface area contributed by atoms with Crippen LogP contribution in [0.1, 0.15) is 26.3 Å². The van der Waals surface area contributed by atoms with Gasteiger partial charge in [-0.1, -0.05) is 17.7 Å². The van der Waals surface area contributed by atoms with E-state index < -0.39 is 11.7 Å². The molecule has 2 N–H and O–H groups in total. The molecule has 1 rings (SSSR count). The second-order valence-corrected chi connectivity index (χ2v) is 7.51. The Morgan fingerprint density at radius 3 is 2.61 bits per heavy atom. The van der Waals surface area contributed by atoms with E-state index in [0.717, 1.165) is 5.56 Å². The van der Waals surface area contributed by atoms with E-state index in [1.165, 1.54) is 11.8 Å². The van der Waals surface area contributed by atoms with Gasteiger partial charge in [-0.3, -0.25) is 4.79 Å². The molecule has 0 heterocycles.